The molecule has 2 atom stereocenters. The standard InChI is InChI=1S/C24H23N7O4/c1-13-9-18(31(4)29-13)19(17-8-6-5-7-15(17)10-25)14(2)22-28-20(21(32)24(34)30(22)3)23(33)27-16-11-26-35-12-16/h5-9,11-12,14,19,32H,1-4H3,(H,27,33)/t14-,19+/m1/s1. The Hall–Kier alpha value is -4.72. The molecule has 0 radical (unpaired) electrons. The summed E-state index contributed by atoms with van der Waals surface area (Å²) in [5.74, 6) is -2.25. The molecule has 0 saturated heterocycles. The second-order valence-electron chi connectivity index (χ2n) is 8.20. The van der Waals surface area contributed by atoms with E-state index in [-0.39, 0.29) is 11.5 Å². The smallest absolute Gasteiger partial charge is 0.296 e. The Labute approximate surface area is 200 Å². The first-order valence-corrected chi connectivity index (χ1v) is 10.7. The Balaban J connectivity index is 1.88. The zero-order valence-electron chi connectivity index (χ0n) is 19.6. The van der Waals surface area contributed by atoms with Gasteiger partial charge in [0.15, 0.2) is 5.69 Å². The van der Waals surface area contributed by atoms with Gasteiger partial charge in [-0.3, -0.25) is 18.8 Å². The lowest BCUT2D eigenvalue weighted by Crippen LogP contribution is -2.30. The molecule has 0 spiro atoms. The van der Waals surface area contributed by atoms with Gasteiger partial charge < -0.3 is 14.9 Å². The summed E-state index contributed by atoms with van der Waals surface area (Å²) < 4.78 is 7.64. The summed E-state index contributed by atoms with van der Waals surface area (Å²) >= 11 is 0. The zero-order valence-corrected chi connectivity index (χ0v) is 19.6. The van der Waals surface area contributed by atoms with Crippen molar-refractivity contribution >= 4 is 11.6 Å². The molecule has 0 fully saturated rings. The average Bonchev–Trinajstić information content (AvgIpc) is 3.47. The van der Waals surface area contributed by atoms with Crippen molar-refractivity contribution in [1.29, 1.82) is 5.26 Å². The molecule has 3 heterocycles. The second-order valence-corrected chi connectivity index (χ2v) is 8.20. The third kappa shape index (κ3) is 4.29. The van der Waals surface area contributed by atoms with Crippen LogP contribution < -0.4 is 10.9 Å². The van der Waals surface area contributed by atoms with Gasteiger partial charge in [0.1, 0.15) is 17.8 Å². The summed E-state index contributed by atoms with van der Waals surface area (Å²) in [5.41, 5.74) is 1.83. The number of hydrogen-bond acceptors (Lipinski definition) is 8. The highest BCUT2D eigenvalue weighted by Gasteiger charge is 2.32. The molecule has 4 aromatic rings. The number of rotatable bonds is 6. The van der Waals surface area contributed by atoms with Gasteiger partial charge in [0.2, 0.25) is 5.75 Å². The van der Waals surface area contributed by atoms with Crippen LogP contribution in [0.5, 0.6) is 5.75 Å². The fourth-order valence-corrected chi connectivity index (χ4v) is 4.25. The first-order valence-electron chi connectivity index (χ1n) is 10.7. The summed E-state index contributed by atoms with van der Waals surface area (Å²) in [6, 6.07) is 11.3. The van der Waals surface area contributed by atoms with E-state index in [1.54, 1.807) is 23.9 Å². The Morgan fingerprint density at radius 1 is 1.29 bits per heavy atom. The topological polar surface area (TPSA) is 152 Å². The van der Waals surface area contributed by atoms with E-state index in [1.165, 1.54) is 24.1 Å². The molecule has 0 aliphatic rings. The molecular formula is C24H23N7O4. The minimum atomic E-state index is -0.790. The van der Waals surface area contributed by atoms with Gasteiger partial charge in [0.25, 0.3) is 11.5 Å². The normalized spacial score (nSPS) is 12.7. The second kappa shape index (κ2) is 9.26. The molecule has 1 amide bonds. The van der Waals surface area contributed by atoms with Crippen molar-refractivity contribution in [3.63, 3.8) is 0 Å². The number of anilines is 1. The number of nitrogens with one attached hydrogen (secondary N) is 1. The van der Waals surface area contributed by atoms with E-state index in [4.69, 9.17) is 4.52 Å². The number of aromatic nitrogens is 5. The van der Waals surface area contributed by atoms with E-state index in [9.17, 15) is 20.0 Å². The summed E-state index contributed by atoms with van der Waals surface area (Å²) in [7, 11) is 3.28. The monoisotopic (exact) mass is 473 g/mol. The number of aryl methyl sites for hydroxylation is 2. The maximum atomic E-state index is 12.9. The van der Waals surface area contributed by atoms with Gasteiger partial charge in [-0.1, -0.05) is 30.3 Å². The van der Waals surface area contributed by atoms with E-state index in [0.717, 1.165) is 17.0 Å². The Morgan fingerprint density at radius 3 is 2.66 bits per heavy atom. The predicted octanol–water partition coefficient (Wildman–Crippen LogP) is 2.58. The number of aromatic hydroxyl groups is 1. The largest absolute Gasteiger partial charge is 0.501 e. The number of nitriles is 1. The lowest BCUT2D eigenvalue weighted by molar-refractivity contribution is 0.101. The molecule has 0 saturated carbocycles. The van der Waals surface area contributed by atoms with Crippen LogP contribution >= 0.6 is 0 Å². The summed E-state index contributed by atoms with van der Waals surface area (Å²) in [4.78, 5) is 30.1. The van der Waals surface area contributed by atoms with Crippen molar-refractivity contribution < 1.29 is 14.4 Å². The van der Waals surface area contributed by atoms with E-state index in [2.05, 4.69) is 26.6 Å². The van der Waals surface area contributed by atoms with E-state index in [1.807, 2.05) is 32.0 Å². The predicted molar refractivity (Wildman–Crippen MR) is 125 cm³/mol. The van der Waals surface area contributed by atoms with E-state index >= 15 is 0 Å². The number of nitrogens with zero attached hydrogens (tertiary/aromatic N) is 6. The first-order chi connectivity index (χ1) is 16.7. The minimum absolute atomic E-state index is 0.248. The highest BCUT2D eigenvalue weighted by Crippen LogP contribution is 2.39. The molecule has 0 bridgehead atoms. The molecule has 35 heavy (non-hydrogen) atoms. The average molecular weight is 473 g/mol. The van der Waals surface area contributed by atoms with Crippen LogP contribution in [0.1, 0.15) is 57.6 Å². The van der Waals surface area contributed by atoms with Gasteiger partial charge >= 0.3 is 0 Å². The van der Waals surface area contributed by atoms with Crippen LogP contribution in [-0.4, -0.2) is 35.5 Å². The van der Waals surface area contributed by atoms with Crippen LogP contribution in [0.3, 0.4) is 0 Å². The lowest BCUT2D eigenvalue weighted by atomic mass is 9.81. The SMILES string of the molecule is Cc1cc([C@H](c2ccccc2C#N)[C@@H](C)c2nc(C(=O)Nc3cnoc3)c(O)c(=O)n2C)n(C)n1. The van der Waals surface area contributed by atoms with Crippen molar-refractivity contribution in [3.05, 3.63) is 87.2 Å². The Bertz CT molecular complexity index is 1500. The highest BCUT2D eigenvalue weighted by atomic mass is 16.5. The lowest BCUT2D eigenvalue weighted by Gasteiger charge is -2.27. The van der Waals surface area contributed by atoms with Gasteiger partial charge in [-0.25, -0.2) is 4.98 Å². The number of carbonyl (C=O) groups excluding carboxylic acids is 1. The fourth-order valence-electron chi connectivity index (χ4n) is 4.25. The maximum absolute atomic E-state index is 12.9. The van der Waals surface area contributed by atoms with Crippen LogP contribution in [0, 0.1) is 18.3 Å². The van der Waals surface area contributed by atoms with Crippen LogP contribution in [-0.2, 0) is 14.1 Å². The molecule has 0 aliphatic heterocycles. The van der Waals surface area contributed by atoms with Crippen LogP contribution in [0.15, 0.2) is 52.1 Å². The first kappa shape index (κ1) is 23.4. The third-order valence-corrected chi connectivity index (χ3v) is 5.89. The number of carbonyl (C=O) groups is 1. The van der Waals surface area contributed by atoms with E-state index in [0.29, 0.717) is 5.56 Å². The van der Waals surface area contributed by atoms with Gasteiger partial charge in [-0.05, 0) is 24.6 Å². The number of benzene rings is 1. The molecule has 1 aromatic carbocycles. The van der Waals surface area contributed by atoms with Crippen molar-refractivity contribution in [2.45, 2.75) is 25.7 Å². The van der Waals surface area contributed by atoms with E-state index < -0.39 is 34.7 Å². The molecule has 11 nitrogen and oxygen atoms in total. The zero-order chi connectivity index (χ0) is 25.3. The van der Waals surface area contributed by atoms with Crippen molar-refractivity contribution in [2.24, 2.45) is 14.1 Å². The van der Waals surface area contributed by atoms with Gasteiger partial charge in [0, 0.05) is 31.6 Å². The maximum Gasteiger partial charge on any atom is 0.296 e. The molecule has 178 valence electrons. The van der Waals surface area contributed by atoms with Crippen LogP contribution in [0.25, 0.3) is 0 Å². The van der Waals surface area contributed by atoms with Crippen LogP contribution in [0.2, 0.25) is 0 Å². The highest BCUT2D eigenvalue weighted by molar-refractivity contribution is 6.04. The quantitative estimate of drug-likeness (QED) is 0.433. The van der Waals surface area contributed by atoms with Crippen molar-refractivity contribution in [3.8, 4) is 11.8 Å². The van der Waals surface area contributed by atoms with Crippen molar-refractivity contribution in [1.82, 2.24) is 24.5 Å². The van der Waals surface area contributed by atoms with Gasteiger partial charge in [0.05, 0.1) is 23.5 Å². The Morgan fingerprint density at radius 2 is 2.03 bits per heavy atom. The van der Waals surface area contributed by atoms with Crippen molar-refractivity contribution in [2.75, 3.05) is 5.32 Å². The molecular weight excluding hydrogens is 450 g/mol. The molecule has 2 N–H and O–H groups in total. The number of hydrogen-bond donors (Lipinski definition) is 2. The molecule has 0 aliphatic carbocycles. The number of amides is 1. The van der Waals surface area contributed by atoms with Gasteiger partial charge in [-0.15, -0.1) is 0 Å². The summed E-state index contributed by atoms with van der Waals surface area (Å²) in [5, 5.41) is 30.7. The minimum Gasteiger partial charge on any atom is -0.501 e. The van der Waals surface area contributed by atoms with Crippen LogP contribution in [0.4, 0.5) is 5.69 Å². The fraction of sp³-hybridized carbons (Fsp3) is 0.250. The molecule has 4 rings (SSSR count). The Kier molecular flexibility index (Phi) is 6.20. The third-order valence-electron chi connectivity index (χ3n) is 5.89. The molecule has 3 aromatic heterocycles. The van der Waals surface area contributed by atoms with Gasteiger partial charge in [-0.2, -0.15) is 10.4 Å². The molecule has 0 unspecified atom stereocenters. The molecule has 11 heteroatoms. The summed E-state index contributed by atoms with van der Waals surface area (Å²) in [6.07, 6.45) is 2.48. The summed E-state index contributed by atoms with van der Waals surface area (Å²) in [6.45, 7) is 3.71.